The normalized spacial score (nSPS) is 18.4. The molecule has 0 spiro atoms. The van der Waals surface area contributed by atoms with E-state index < -0.39 is 22.8 Å². The number of rotatable bonds is 13. The molecule has 0 aromatic carbocycles. The molecular formula is C18H42O7SSi2. The van der Waals surface area contributed by atoms with E-state index >= 15 is 0 Å². The Kier molecular flexibility index (Phi) is 15.6. The highest BCUT2D eigenvalue weighted by atomic mass is 32.1. The van der Waals surface area contributed by atoms with Gasteiger partial charge in [0.1, 0.15) is 0 Å². The first kappa shape index (κ1) is 28.5. The molecule has 0 atom stereocenters. The number of hydrogen-bond acceptors (Lipinski definition) is 8. The van der Waals surface area contributed by atoms with Crippen molar-refractivity contribution < 1.29 is 31.6 Å². The monoisotopic (exact) mass is 458 g/mol. The van der Waals surface area contributed by atoms with Gasteiger partial charge in [0.05, 0.1) is 0 Å². The van der Waals surface area contributed by atoms with Crippen LogP contribution >= 0.6 is 12.6 Å². The Morgan fingerprint density at radius 2 is 1.36 bits per heavy atom. The third-order valence-corrected chi connectivity index (χ3v) is 12.5. The molecule has 1 saturated heterocycles. The van der Waals surface area contributed by atoms with E-state index in [9.17, 15) is 0 Å². The maximum Gasteiger partial charge on any atom is 0.500 e. The fourth-order valence-corrected chi connectivity index (χ4v) is 10.1. The molecule has 1 aliphatic heterocycles. The third kappa shape index (κ3) is 7.64. The number of thiol groups is 1. The summed E-state index contributed by atoms with van der Waals surface area (Å²) in [6.45, 7) is 7.87. The lowest BCUT2D eigenvalue weighted by Gasteiger charge is -2.46. The number of hydrogen-bond donors (Lipinski definition) is 1. The van der Waals surface area contributed by atoms with E-state index in [-0.39, 0.29) is 0 Å². The van der Waals surface area contributed by atoms with Crippen molar-refractivity contribution in [1.29, 1.82) is 0 Å². The first-order valence-corrected chi connectivity index (χ1v) is 14.8. The standard InChI is InChI=1S/C9H20O4Si.C9H22O3SSi/c1-10-9(11-2)7-5-6-8-14(9,12-3)13-4;1-4-10-14(11-5-2,12-6-3)9-7-8-13/h5-8H2,1-4H3;13H,4-9H2,1-3H3. The van der Waals surface area contributed by atoms with Crippen LogP contribution in [0.4, 0.5) is 0 Å². The zero-order chi connectivity index (χ0) is 21.5. The fraction of sp³-hybridized carbons (Fsp3) is 1.00. The minimum Gasteiger partial charge on any atom is -0.395 e. The third-order valence-electron chi connectivity index (χ3n) is 4.89. The van der Waals surface area contributed by atoms with Crippen molar-refractivity contribution >= 4 is 30.0 Å². The molecule has 1 aliphatic rings. The van der Waals surface area contributed by atoms with Gasteiger partial charge in [-0.05, 0) is 45.4 Å². The van der Waals surface area contributed by atoms with Crippen LogP contribution in [0.1, 0.15) is 46.5 Å². The molecule has 0 bridgehead atoms. The summed E-state index contributed by atoms with van der Waals surface area (Å²) in [4.78, 5) is 0. The quantitative estimate of drug-likeness (QED) is 0.256. The van der Waals surface area contributed by atoms with Gasteiger partial charge in [0.25, 0.3) is 0 Å². The molecule has 1 heterocycles. The van der Waals surface area contributed by atoms with Crippen molar-refractivity contribution in [2.75, 3.05) is 54.0 Å². The van der Waals surface area contributed by atoms with E-state index in [4.69, 9.17) is 31.6 Å². The topological polar surface area (TPSA) is 64.6 Å². The molecule has 0 saturated carbocycles. The van der Waals surface area contributed by atoms with Crippen molar-refractivity contribution in [2.45, 2.75) is 64.0 Å². The second-order valence-corrected chi connectivity index (χ2v) is 13.1. The molecule has 1 rings (SSSR count). The predicted octanol–water partition coefficient (Wildman–Crippen LogP) is 3.79. The van der Waals surface area contributed by atoms with E-state index in [0.29, 0.717) is 19.8 Å². The molecule has 1 fully saturated rings. The van der Waals surface area contributed by atoms with E-state index in [2.05, 4.69) is 12.6 Å². The Bertz CT molecular complexity index is 346. The van der Waals surface area contributed by atoms with Crippen LogP contribution in [0.2, 0.25) is 12.1 Å². The largest absolute Gasteiger partial charge is 0.500 e. The first-order valence-electron chi connectivity index (χ1n) is 10.2. The zero-order valence-corrected chi connectivity index (χ0v) is 21.8. The van der Waals surface area contributed by atoms with Crippen LogP contribution in [0.5, 0.6) is 0 Å². The van der Waals surface area contributed by atoms with E-state index in [0.717, 1.165) is 43.5 Å². The number of methoxy groups -OCH3 is 2. The zero-order valence-electron chi connectivity index (χ0n) is 18.9. The highest BCUT2D eigenvalue weighted by Crippen LogP contribution is 2.40. The van der Waals surface area contributed by atoms with Gasteiger partial charge in [-0.3, -0.25) is 0 Å². The summed E-state index contributed by atoms with van der Waals surface area (Å²) in [5.41, 5.74) is -0.630. The Hall–Kier alpha value is 0.504. The van der Waals surface area contributed by atoms with Crippen LogP contribution in [0.3, 0.4) is 0 Å². The molecular weight excluding hydrogens is 416 g/mol. The smallest absolute Gasteiger partial charge is 0.395 e. The van der Waals surface area contributed by atoms with Crippen molar-refractivity contribution in [3.05, 3.63) is 0 Å². The highest BCUT2D eigenvalue weighted by molar-refractivity contribution is 7.80. The maximum absolute atomic E-state index is 5.67. The number of ether oxygens (including phenoxy) is 2. The molecule has 0 aromatic heterocycles. The van der Waals surface area contributed by atoms with Crippen molar-refractivity contribution in [1.82, 2.24) is 0 Å². The van der Waals surface area contributed by atoms with Gasteiger partial charge in [-0.2, -0.15) is 12.6 Å². The Morgan fingerprint density at radius 1 is 0.857 bits per heavy atom. The van der Waals surface area contributed by atoms with Crippen molar-refractivity contribution in [2.24, 2.45) is 0 Å². The molecule has 28 heavy (non-hydrogen) atoms. The Labute approximate surface area is 179 Å². The summed E-state index contributed by atoms with van der Waals surface area (Å²) >= 11 is 4.19. The summed E-state index contributed by atoms with van der Waals surface area (Å²) in [5.74, 6) is 0.849. The second-order valence-electron chi connectivity index (χ2n) is 6.34. The van der Waals surface area contributed by atoms with Gasteiger partial charge in [0, 0.05) is 60.7 Å². The lowest BCUT2D eigenvalue weighted by Crippen LogP contribution is -2.65. The van der Waals surface area contributed by atoms with Crippen LogP contribution in [-0.4, -0.2) is 76.8 Å². The summed E-state index contributed by atoms with van der Waals surface area (Å²) in [6.07, 6.45) is 4.06. The van der Waals surface area contributed by atoms with Crippen LogP contribution in [0.15, 0.2) is 0 Å². The SMILES string of the molecule is CCO[Si](CCCS)(OCC)OCC.COC1(OC)CCCC[Si]1(OC)OC. The average Bonchev–Trinajstić information content (AvgIpc) is 2.73. The lowest BCUT2D eigenvalue weighted by molar-refractivity contribution is -0.183. The van der Waals surface area contributed by atoms with Gasteiger partial charge in [-0.25, -0.2) is 0 Å². The Morgan fingerprint density at radius 3 is 1.68 bits per heavy atom. The van der Waals surface area contributed by atoms with Gasteiger partial charge in [-0.1, -0.05) is 6.42 Å². The van der Waals surface area contributed by atoms with Crippen LogP contribution in [-0.2, 0) is 31.6 Å². The van der Waals surface area contributed by atoms with Gasteiger partial charge in [0.2, 0.25) is 5.41 Å². The molecule has 0 amide bonds. The summed E-state index contributed by atoms with van der Waals surface area (Å²) in [7, 11) is 1.98. The average molecular weight is 459 g/mol. The first-order chi connectivity index (χ1) is 13.4. The van der Waals surface area contributed by atoms with E-state index in [1.54, 1.807) is 28.4 Å². The van der Waals surface area contributed by atoms with Gasteiger partial charge < -0.3 is 31.6 Å². The molecule has 0 aliphatic carbocycles. The van der Waals surface area contributed by atoms with Gasteiger partial charge >= 0.3 is 17.4 Å². The molecule has 0 N–H and O–H groups in total. The molecule has 0 aromatic rings. The van der Waals surface area contributed by atoms with Crippen molar-refractivity contribution in [3.63, 3.8) is 0 Å². The molecule has 170 valence electrons. The van der Waals surface area contributed by atoms with Crippen LogP contribution < -0.4 is 0 Å². The van der Waals surface area contributed by atoms with Crippen LogP contribution in [0.25, 0.3) is 0 Å². The Balaban J connectivity index is 0.000000521. The minimum atomic E-state index is -2.37. The van der Waals surface area contributed by atoms with Gasteiger partial charge in [-0.15, -0.1) is 0 Å². The molecule has 10 heteroatoms. The summed E-state index contributed by atoms with van der Waals surface area (Å²) in [5, 5.41) is 0. The maximum atomic E-state index is 5.67. The predicted molar refractivity (Wildman–Crippen MR) is 119 cm³/mol. The second kappa shape index (κ2) is 15.3. The highest BCUT2D eigenvalue weighted by Gasteiger charge is 2.60. The van der Waals surface area contributed by atoms with Crippen LogP contribution in [0, 0.1) is 0 Å². The molecule has 7 nitrogen and oxygen atoms in total. The van der Waals surface area contributed by atoms with Gasteiger partial charge in [0.15, 0.2) is 0 Å². The molecule has 0 radical (unpaired) electrons. The van der Waals surface area contributed by atoms with Crippen molar-refractivity contribution in [3.8, 4) is 0 Å². The van der Waals surface area contributed by atoms with E-state index in [1.807, 2.05) is 20.8 Å². The molecule has 0 unspecified atom stereocenters. The summed E-state index contributed by atoms with van der Waals surface area (Å²) in [6, 6.07) is 1.80. The minimum absolute atomic E-state index is 0.630. The van der Waals surface area contributed by atoms with E-state index in [1.165, 1.54) is 0 Å². The fourth-order valence-electron chi connectivity index (χ4n) is 3.59. The summed E-state index contributed by atoms with van der Waals surface area (Å²) < 4.78 is 39.2. The lowest BCUT2D eigenvalue weighted by atomic mass is 10.2.